The molecule has 0 aromatic rings. The molecule has 0 radical (unpaired) electrons. The lowest BCUT2D eigenvalue weighted by molar-refractivity contribution is -0.148. The fourth-order valence-electron chi connectivity index (χ4n) is 2.09. The molecular formula is C15H30O5Si. The van der Waals surface area contributed by atoms with Crippen LogP contribution in [0, 0.1) is 0 Å². The van der Waals surface area contributed by atoms with Gasteiger partial charge >= 0.3 is 0 Å². The summed E-state index contributed by atoms with van der Waals surface area (Å²) >= 11 is 0. The predicted octanol–water partition coefficient (Wildman–Crippen LogP) is 2.81. The summed E-state index contributed by atoms with van der Waals surface area (Å²) in [5.41, 5.74) is 0. The average Bonchev–Trinajstić information content (AvgIpc) is 2.67. The van der Waals surface area contributed by atoms with Crippen LogP contribution in [0.25, 0.3) is 0 Å². The van der Waals surface area contributed by atoms with Crippen LogP contribution in [0.3, 0.4) is 0 Å². The Balaban J connectivity index is 2.22. The molecule has 1 saturated heterocycles. The van der Waals surface area contributed by atoms with Gasteiger partial charge in [0.25, 0.3) is 0 Å². The van der Waals surface area contributed by atoms with Crippen LogP contribution in [-0.4, -0.2) is 52.4 Å². The third-order valence-electron chi connectivity index (χ3n) is 3.34. The van der Waals surface area contributed by atoms with Crippen LogP contribution in [0.2, 0.25) is 25.7 Å². The first-order chi connectivity index (χ1) is 9.72. The van der Waals surface area contributed by atoms with E-state index in [0.717, 1.165) is 18.9 Å². The monoisotopic (exact) mass is 318 g/mol. The number of hydrogen-bond donors (Lipinski definition) is 0. The van der Waals surface area contributed by atoms with E-state index in [0.29, 0.717) is 19.4 Å². The second-order valence-corrected chi connectivity index (χ2v) is 12.8. The molecule has 0 aromatic heterocycles. The van der Waals surface area contributed by atoms with Gasteiger partial charge in [0.15, 0.2) is 5.79 Å². The maximum atomic E-state index is 10.7. The molecule has 0 bridgehead atoms. The summed E-state index contributed by atoms with van der Waals surface area (Å²) in [5, 5.41) is 0. The number of hydrogen-bond acceptors (Lipinski definition) is 5. The van der Waals surface area contributed by atoms with Gasteiger partial charge < -0.3 is 23.7 Å². The van der Waals surface area contributed by atoms with Gasteiger partial charge in [0.05, 0.1) is 18.8 Å². The number of ether oxygens (including phenoxy) is 4. The molecule has 1 rings (SSSR count). The topological polar surface area (TPSA) is 54.0 Å². The molecule has 1 aliphatic heterocycles. The van der Waals surface area contributed by atoms with Crippen LogP contribution in [0.5, 0.6) is 0 Å². The van der Waals surface area contributed by atoms with Gasteiger partial charge in [-0.2, -0.15) is 0 Å². The Hall–Kier alpha value is -0.273. The lowest BCUT2D eigenvalue weighted by atomic mass is 10.1. The first kappa shape index (κ1) is 18.8. The van der Waals surface area contributed by atoms with Crippen LogP contribution in [-0.2, 0) is 23.7 Å². The fourth-order valence-corrected chi connectivity index (χ4v) is 2.85. The number of rotatable bonds is 10. The lowest BCUT2D eigenvalue weighted by Gasteiger charge is -2.21. The van der Waals surface area contributed by atoms with Crippen LogP contribution >= 0.6 is 0 Å². The van der Waals surface area contributed by atoms with Gasteiger partial charge in [0.1, 0.15) is 13.1 Å². The van der Waals surface area contributed by atoms with Gasteiger partial charge in [0.2, 0.25) is 0 Å². The Kier molecular flexibility index (Phi) is 7.50. The molecule has 2 atom stereocenters. The minimum atomic E-state index is -1.07. The fraction of sp³-hybridized carbons (Fsp3) is 0.933. The molecule has 1 heterocycles. The highest BCUT2D eigenvalue weighted by molar-refractivity contribution is 6.76. The normalized spacial score (nSPS) is 23.2. The summed E-state index contributed by atoms with van der Waals surface area (Å²) in [7, 11) is -1.07. The zero-order valence-electron chi connectivity index (χ0n) is 14.0. The summed E-state index contributed by atoms with van der Waals surface area (Å²) in [5.74, 6) is -0.537. The van der Waals surface area contributed by atoms with E-state index in [9.17, 15) is 4.79 Å². The lowest BCUT2D eigenvalue weighted by Crippen LogP contribution is -2.27. The van der Waals surface area contributed by atoms with Crippen molar-refractivity contribution in [3.63, 3.8) is 0 Å². The minimum Gasteiger partial charge on any atom is -0.356 e. The van der Waals surface area contributed by atoms with Crippen molar-refractivity contribution >= 4 is 14.4 Å². The van der Waals surface area contributed by atoms with Crippen molar-refractivity contribution in [3.05, 3.63) is 0 Å². The van der Waals surface area contributed by atoms with Crippen molar-refractivity contribution in [2.75, 3.05) is 20.0 Å². The molecule has 124 valence electrons. The van der Waals surface area contributed by atoms with Crippen molar-refractivity contribution in [2.45, 2.75) is 70.4 Å². The molecule has 0 aromatic carbocycles. The van der Waals surface area contributed by atoms with Crippen molar-refractivity contribution in [1.82, 2.24) is 0 Å². The number of carbonyl (C=O) groups is 1. The molecule has 0 aliphatic carbocycles. The highest BCUT2D eigenvalue weighted by Crippen LogP contribution is 2.25. The molecule has 0 spiro atoms. The highest BCUT2D eigenvalue weighted by atomic mass is 28.3. The summed E-state index contributed by atoms with van der Waals surface area (Å²) in [4.78, 5) is 10.7. The third-order valence-corrected chi connectivity index (χ3v) is 5.04. The molecule has 0 unspecified atom stereocenters. The second-order valence-electron chi connectivity index (χ2n) is 7.21. The van der Waals surface area contributed by atoms with Crippen LogP contribution < -0.4 is 0 Å². The number of aldehydes is 1. The predicted molar refractivity (Wildman–Crippen MR) is 84.0 cm³/mol. The largest absolute Gasteiger partial charge is 0.356 e. The summed E-state index contributed by atoms with van der Waals surface area (Å²) in [6.45, 7) is 12.2. The first-order valence-corrected chi connectivity index (χ1v) is 11.4. The Labute approximate surface area is 129 Å². The minimum absolute atomic E-state index is 0.0214. The van der Waals surface area contributed by atoms with E-state index in [4.69, 9.17) is 18.9 Å². The first-order valence-electron chi connectivity index (χ1n) is 7.66. The Morgan fingerprint density at radius 2 is 2.10 bits per heavy atom. The van der Waals surface area contributed by atoms with E-state index in [2.05, 4.69) is 19.6 Å². The second kappa shape index (κ2) is 8.38. The van der Waals surface area contributed by atoms with Gasteiger partial charge in [-0.05, 0) is 19.9 Å². The van der Waals surface area contributed by atoms with E-state index in [-0.39, 0.29) is 19.0 Å². The average molecular weight is 318 g/mol. The van der Waals surface area contributed by atoms with E-state index in [1.165, 1.54) is 0 Å². The van der Waals surface area contributed by atoms with E-state index < -0.39 is 13.9 Å². The van der Waals surface area contributed by atoms with Crippen molar-refractivity contribution < 1.29 is 23.7 Å². The van der Waals surface area contributed by atoms with Gasteiger partial charge in [-0.15, -0.1) is 0 Å². The Bertz CT molecular complexity index is 314. The summed E-state index contributed by atoms with van der Waals surface area (Å²) < 4.78 is 22.4. The zero-order valence-corrected chi connectivity index (χ0v) is 15.0. The molecule has 0 N–H and O–H groups in total. The van der Waals surface area contributed by atoms with E-state index >= 15 is 0 Å². The van der Waals surface area contributed by atoms with Crippen molar-refractivity contribution in [3.8, 4) is 0 Å². The van der Waals surface area contributed by atoms with E-state index in [1.807, 2.05) is 13.8 Å². The van der Waals surface area contributed by atoms with Crippen molar-refractivity contribution in [2.24, 2.45) is 0 Å². The molecule has 1 fully saturated rings. The molecule has 6 heteroatoms. The van der Waals surface area contributed by atoms with Crippen molar-refractivity contribution in [1.29, 1.82) is 0 Å². The molecule has 1 aliphatic rings. The SMILES string of the molecule is CC1(C)OC[C@H](C[C@@H](CC=O)OCOCC[Si](C)(C)C)O1. The third kappa shape index (κ3) is 8.68. The zero-order chi connectivity index (χ0) is 15.9. The molecule has 0 amide bonds. The molecule has 21 heavy (non-hydrogen) atoms. The van der Waals surface area contributed by atoms with Crippen LogP contribution in [0.15, 0.2) is 0 Å². The Morgan fingerprint density at radius 1 is 1.38 bits per heavy atom. The highest BCUT2D eigenvalue weighted by Gasteiger charge is 2.34. The quantitative estimate of drug-likeness (QED) is 0.268. The molecule has 5 nitrogen and oxygen atoms in total. The maximum Gasteiger partial charge on any atom is 0.163 e. The Morgan fingerprint density at radius 3 is 2.62 bits per heavy atom. The maximum absolute atomic E-state index is 10.7. The van der Waals surface area contributed by atoms with Crippen LogP contribution in [0.4, 0.5) is 0 Å². The number of carbonyl (C=O) groups excluding carboxylic acids is 1. The summed E-state index contributed by atoms with van der Waals surface area (Å²) in [6.07, 6.45) is 1.70. The van der Waals surface area contributed by atoms with Crippen LogP contribution in [0.1, 0.15) is 26.7 Å². The van der Waals surface area contributed by atoms with E-state index in [1.54, 1.807) is 0 Å². The summed E-state index contributed by atoms with van der Waals surface area (Å²) in [6, 6.07) is 1.11. The van der Waals surface area contributed by atoms with Gasteiger partial charge in [-0.25, -0.2) is 0 Å². The van der Waals surface area contributed by atoms with Gasteiger partial charge in [-0.3, -0.25) is 0 Å². The standard InChI is InChI=1S/C15H30O5Si/c1-15(2)19-11-14(20-15)10-13(6-7-16)18-12-17-8-9-21(3,4)5/h7,13-14H,6,8-12H2,1-5H3/t13-,14+/m1/s1. The van der Waals surface area contributed by atoms with Gasteiger partial charge in [-0.1, -0.05) is 19.6 Å². The van der Waals surface area contributed by atoms with Gasteiger partial charge in [0, 0.05) is 27.5 Å². The molecule has 0 saturated carbocycles. The smallest absolute Gasteiger partial charge is 0.163 e. The molecular weight excluding hydrogens is 288 g/mol.